The van der Waals surface area contributed by atoms with Crippen molar-refractivity contribution < 1.29 is 4.42 Å². The number of benzene rings is 4. The van der Waals surface area contributed by atoms with Gasteiger partial charge < -0.3 is 9.40 Å². The van der Waals surface area contributed by atoms with Crippen LogP contribution in [0.1, 0.15) is 0 Å². The molecule has 0 aliphatic carbocycles. The number of para-hydroxylation sites is 4. The Bertz CT molecular complexity index is 1490. The van der Waals surface area contributed by atoms with Crippen LogP contribution in [0.25, 0.3) is 54.9 Å². The van der Waals surface area contributed by atoms with Crippen molar-refractivity contribution >= 4 is 55.3 Å². The summed E-state index contributed by atoms with van der Waals surface area (Å²) in [5.74, 6) is 0. The van der Waals surface area contributed by atoms with Crippen LogP contribution in [0.2, 0.25) is 5.02 Å². The minimum Gasteiger partial charge on any atom is -0.454 e. The van der Waals surface area contributed by atoms with Gasteiger partial charge in [-0.2, -0.15) is 0 Å². The van der Waals surface area contributed by atoms with Gasteiger partial charge in [-0.15, -0.1) is 0 Å². The molecule has 2 nitrogen and oxygen atoms in total. The Labute approximate surface area is 160 Å². The number of H-pyrrole nitrogens is 1. The highest BCUT2D eigenvalue weighted by Crippen LogP contribution is 2.40. The van der Waals surface area contributed by atoms with Crippen molar-refractivity contribution in [2.24, 2.45) is 0 Å². The van der Waals surface area contributed by atoms with E-state index in [0.29, 0.717) is 5.02 Å². The molecule has 2 aromatic heterocycles. The van der Waals surface area contributed by atoms with Gasteiger partial charge in [0.1, 0.15) is 5.58 Å². The zero-order chi connectivity index (χ0) is 18.0. The van der Waals surface area contributed by atoms with Gasteiger partial charge in [0.2, 0.25) is 0 Å². The van der Waals surface area contributed by atoms with Crippen molar-refractivity contribution in [3.63, 3.8) is 0 Å². The monoisotopic (exact) mass is 367 g/mol. The van der Waals surface area contributed by atoms with Crippen molar-refractivity contribution in [3.05, 3.63) is 83.9 Å². The van der Waals surface area contributed by atoms with Crippen LogP contribution in [0.4, 0.5) is 0 Å². The molecule has 1 N–H and O–H groups in total. The SMILES string of the molecule is Clc1cccc2c1oc1c(-c3cccc4c3[nH]c3ccccc34)cccc12. The zero-order valence-electron chi connectivity index (χ0n) is 14.3. The Balaban J connectivity index is 1.76. The van der Waals surface area contributed by atoms with Gasteiger partial charge in [0, 0.05) is 38.2 Å². The Morgan fingerprint density at radius 3 is 2.15 bits per heavy atom. The molecule has 0 saturated heterocycles. The van der Waals surface area contributed by atoms with Crippen molar-refractivity contribution in [2.75, 3.05) is 0 Å². The molecule has 0 aliphatic rings. The molecule has 6 aromatic rings. The van der Waals surface area contributed by atoms with Gasteiger partial charge >= 0.3 is 0 Å². The minimum atomic E-state index is 0.637. The van der Waals surface area contributed by atoms with Gasteiger partial charge in [-0.3, -0.25) is 0 Å². The van der Waals surface area contributed by atoms with Crippen LogP contribution in [-0.4, -0.2) is 4.98 Å². The molecule has 3 heteroatoms. The van der Waals surface area contributed by atoms with Gasteiger partial charge in [0.15, 0.2) is 5.58 Å². The van der Waals surface area contributed by atoms with Gasteiger partial charge in [-0.05, 0) is 12.1 Å². The molecule has 128 valence electrons. The fourth-order valence-corrected chi connectivity index (χ4v) is 4.31. The highest BCUT2D eigenvalue weighted by Gasteiger charge is 2.16. The van der Waals surface area contributed by atoms with Gasteiger partial charge in [0.05, 0.1) is 10.5 Å². The van der Waals surface area contributed by atoms with E-state index in [9.17, 15) is 0 Å². The largest absolute Gasteiger partial charge is 0.454 e. The lowest BCUT2D eigenvalue weighted by Gasteiger charge is -2.05. The van der Waals surface area contributed by atoms with Crippen molar-refractivity contribution in [3.8, 4) is 11.1 Å². The van der Waals surface area contributed by atoms with E-state index in [-0.39, 0.29) is 0 Å². The number of furan rings is 1. The minimum absolute atomic E-state index is 0.637. The quantitative estimate of drug-likeness (QED) is 0.319. The summed E-state index contributed by atoms with van der Waals surface area (Å²) < 4.78 is 6.25. The topological polar surface area (TPSA) is 28.9 Å². The van der Waals surface area contributed by atoms with E-state index >= 15 is 0 Å². The first-order valence-corrected chi connectivity index (χ1v) is 9.28. The molecule has 27 heavy (non-hydrogen) atoms. The number of aromatic amines is 1. The molecule has 0 aliphatic heterocycles. The third-order valence-electron chi connectivity index (χ3n) is 5.31. The molecule has 2 heterocycles. The maximum atomic E-state index is 6.38. The molecule has 0 fully saturated rings. The Morgan fingerprint density at radius 1 is 0.593 bits per heavy atom. The lowest BCUT2D eigenvalue weighted by atomic mass is 10.00. The average Bonchev–Trinajstić information content (AvgIpc) is 3.27. The zero-order valence-corrected chi connectivity index (χ0v) is 15.0. The lowest BCUT2D eigenvalue weighted by Crippen LogP contribution is -1.81. The van der Waals surface area contributed by atoms with Crippen LogP contribution >= 0.6 is 11.6 Å². The van der Waals surface area contributed by atoms with Gasteiger partial charge in [0.25, 0.3) is 0 Å². The summed E-state index contributed by atoms with van der Waals surface area (Å²) in [5, 5.41) is 5.21. The summed E-state index contributed by atoms with van der Waals surface area (Å²) >= 11 is 6.38. The molecule has 0 bridgehead atoms. The number of hydrogen-bond donors (Lipinski definition) is 1. The fraction of sp³-hybridized carbons (Fsp3) is 0. The highest BCUT2D eigenvalue weighted by atomic mass is 35.5. The normalized spacial score (nSPS) is 11.9. The maximum absolute atomic E-state index is 6.38. The van der Waals surface area contributed by atoms with Gasteiger partial charge in [-0.1, -0.05) is 78.3 Å². The smallest absolute Gasteiger partial charge is 0.154 e. The van der Waals surface area contributed by atoms with Crippen LogP contribution in [0, 0.1) is 0 Å². The molecule has 4 aromatic carbocycles. The number of fused-ring (bicyclic) bond motifs is 6. The average molecular weight is 368 g/mol. The molecule has 6 rings (SSSR count). The van der Waals surface area contributed by atoms with Crippen molar-refractivity contribution in [2.45, 2.75) is 0 Å². The van der Waals surface area contributed by atoms with Crippen LogP contribution in [0.15, 0.2) is 83.3 Å². The Kier molecular flexibility index (Phi) is 2.97. The predicted octanol–water partition coefficient (Wildman–Crippen LogP) is 7.54. The molecular formula is C24H14ClNO. The standard InChI is InChI=1S/C24H14ClNO/c25-20-12-5-11-19-18-10-4-9-17(23(18)27-24(19)20)16-8-3-7-15-14-6-1-2-13-21(14)26-22(15)16/h1-13,26H. The molecule has 0 saturated carbocycles. The number of aromatic nitrogens is 1. The summed E-state index contributed by atoms with van der Waals surface area (Å²) in [7, 11) is 0. The van der Waals surface area contributed by atoms with E-state index in [1.54, 1.807) is 0 Å². The van der Waals surface area contributed by atoms with E-state index < -0.39 is 0 Å². The third-order valence-corrected chi connectivity index (χ3v) is 5.61. The van der Waals surface area contributed by atoms with Gasteiger partial charge in [-0.25, -0.2) is 0 Å². The Hall–Kier alpha value is -3.23. The number of nitrogens with one attached hydrogen (secondary N) is 1. The summed E-state index contributed by atoms with van der Waals surface area (Å²) in [6, 6.07) is 27.0. The van der Waals surface area contributed by atoms with Crippen molar-refractivity contribution in [1.82, 2.24) is 4.98 Å². The molecule has 0 amide bonds. The molecule has 0 radical (unpaired) electrons. The Morgan fingerprint density at radius 2 is 1.26 bits per heavy atom. The summed E-state index contributed by atoms with van der Waals surface area (Å²) in [4.78, 5) is 3.59. The molecule has 0 spiro atoms. The van der Waals surface area contributed by atoms with E-state index in [0.717, 1.165) is 44.1 Å². The highest BCUT2D eigenvalue weighted by molar-refractivity contribution is 6.36. The predicted molar refractivity (Wildman–Crippen MR) is 114 cm³/mol. The number of hydrogen-bond acceptors (Lipinski definition) is 1. The summed E-state index contributed by atoms with van der Waals surface area (Å²) in [6.07, 6.45) is 0. The molecular weight excluding hydrogens is 354 g/mol. The number of rotatable bonds is 1. The van der Waals surface area contributed by atoms with E-state index in [1.807, 2.05) is 12.1 Å². The van der Waals surface area contributed by atoms with Crippen LogP contribution in [0.5, 0.6) is 0 Å². The first-order chi connectivity index (χ1) is 13.3. The first-order valence-electron chi connectivity index (χ1n) is 8.91. The van der Waals surface area contributed by atoms with E-state index in [4.69, 9.17) is 16.0 Å². The van der Waals surface area contributed by atoms with E-state index in [1.165, 1.54) is 10.8 Å². The van der Waals surface area contributed by atoms with Crippen molar-refractivity contribution in [1.29, 1.82) is 0 Å². The first kappa shape index (κ1) is 14.9. The number of halogens is 1. The van der Waals surface area contributed by atoms with Crippen LogP contribution in [-0.2, 0) is 0 Å². The summed E-state index contributed by atoms with van der Waals surface area (Å²) in [5.41, 5.74) is 6.07. The maximum Gasteiger partial charge on any atom is 0.154 e. The fourth-order valence-electron chi connectivity index (χ4n) is 4.10. The second-order valence-corrected chi connectivity index (χ2v) is 7.21. The second kappa shape index (κ2) is 5.38. The van der Waals surface area contributed by atoms with Crippen LogP contribution in [0.3, 0.4) is 0 Å². The molecule has 0 atom stereocenters. The second-order valence-electron chi connectivity index (χ2n) is 6.80. The molecule has 0 unspecified atom stereocenters. The lowest BCUT2D eigenvalue weighted by molar-refractivity contribution is 0.670. The van der Waals surface area contributed by atoms with E-state index in [2.05, 4.69) is 71.7 Å². The third kappa shape index (κ3) is 2.02. The van der Waals surface area contributed by atoms with Crippen LogP contribution < -0.4 is 0 Å². The summed E-state index contributed by atoms with van der Waals surface area (Å²) in [6.45, 7) is 0.